The first-order valence-corrected chi connectivity index (χ1v) is 8.83. The van der Waals surface area contributed by atoms with Crippen molar-refractivity contribution in [3.05, 3.63) is 76.2 Å². The molecule has 2 atom stereocenters. The topological polar surface area (TPSA) is 69.7 Å². The minimum Gasteiger partial charge on any atom is -0.483 e. The summed E-state index contributed by atoms with van der Waals surface area (Å²) in [6.07, 6.45) is -0.528. The molecule has 28 heavy (non-hydrogen) atoms. The minimum absolute atomic E-state index is 0.00831. The Bertz CT molecular complexity index is 1240. The first kappa shape index (κ1) is 17.7. The summed E-state index contributed by atoms with van der Waals surface area (Å²) in [6.45, 7) is 0. The molecule has 5 nitrogen and oxygen atoms in total. The third-order valence-electron chi connectivity index (χ3n) is 5.13. The Morgan fingerprint density at radius 3 is 2.18 bits per heavy atom. The maximum Gasteiger partial charge on any atom is 0.306 e. The van der Waals surface area contributed by atoms with Crippen molar-refractivity contribution < 1.29 is 23.9 Å². The monoisotopic (exact) mass is 372 g/mol. The van der Waals surface area contributed by atoms with Crippen molar-refractivity contribution in [1.82, 2.24) is 0 Å². The summed E-state index contributed by atoms with van der Waals surface area (Å²) in [5, 5.41) is 1.71. The molecular formula is C23H16O5. The van der Waals surface area contributed by atoms with Crippen LogP contribution in [0.2, 0.25) is 0 Å². The Hall–Kier alpha value is -3.65. The van der Waals surface area contributed by atoms with Crippen molar-refractivity contribution in [2.75, 3.05) is 7.11 Å². The van der Waals surface area contributed by atoms with E-state index < -0.39 is 18.0 Å². The molecule has 0 bridgehead atoms. The van der Waals surface area contributed by atoms with E-state index in [-0.39, 0.29) is 17.4 Å². The van der Waals surface area contributed by atoms with E-state index in [2.05, 4.69) is 0 Å². The van der Waals surface area contributed by atoms with E-state index >= 15 is 0 Å². The number of carbonyl (C=O) groups is 1. The molecule has 2 unspecified atom stereocenters. The molecule has 3 aromatic rings. The van der Waals surface area contributed by atoms with Crippen LogP contribution in [0.4, 0.5) is 0 Å². The third kappa shape index (κ3) is 2.71. The van der Waals surface area contributed by atoms with Gasteiger partial charge in [-0.1, -0.05) is 54.6 Å². The number of rotatable bonds is 3. The van der Waals surface area contributed by atoms with E-state index in [1.54, 1.807) is 24.3 Å². The van der Waals surface area contributed by atoms with Gasteiger partial charge >= 0.3 is 5.97 Å². The van der Waals surface area contributed by atoms with Crippen molar-refractivity contribution >= 4 is 28.6 Å². The Morgan fingerprint density at radius 1 is 0.964 bits per heavy atom. The molecule has 0 fully saturated rings. The van der Waals surface area contributed by atoms with Gasteiger partial charge in [0.05, 0.1) is 18.7 Å². The predicted molar refractivity (Wildman–Crippen MR) is 102 cm³/mol. The average Bonchev–Trinajstić information content (AvgIpc) is 3.11. The van der Waals surface area contributed by atoms with Gasteiger partial charge in [0.25, 0.3) is 0 Å². The van der Waals surface area contributed by atoms with Gasteiger partial charge in [0, 0.05) is 22.3 Å². The number of carbonyl (C=O) groups excluding carboxylic acids is 3. The highest BCUT2D eigenvalue weighted by Crippen LogP contribution is 2.45. The molecule has 5 heteroatoms. The van der Waals surface area contributed by atoms with Crippen LogP contribution in [0.25, 0.3) is 10.8 Å². The average molecular weight is 372 g/mol. The van der Waals surface area contributed by atoms with E-state index in [1.807, 2.05) is 42.2 Å². The SMILES string of the molecule is COC(=O)CC1c2c(c(=C=O)c3ccccc3c2=C=O)OC1c1ccccc1. The number of ether oxygens (including phenoxy) is 2. The van der Waals surface area contributed by atoms with Gasteiger partial charge in [0.1, 0.15) is 29.0 Å². The Kier molecular flexibility index (Phi) is 4.54. The lowest BCUT2D eigenvalue weighted by molar-refractivity contribution is -0.141. The number of esters is 1. The second kappa shape index (κ2) is 7.16. The molecule has 0 aliphatic carbocycles. The van der Waals surface area contributed by atoms with Crippen LogP contribution in [0.3, 0.4) is 0 Å². The second-order valence-electron chi connectivity index (χ2n) is 6.58. The molecular weight excluding hydrogens is 356 g/mol. The molecule has 0 spiro atoms. The number of fused-ring (bicyclic) bond motifs is 2. The standard InChI is InChI=1S/C23H16O5/c1-27-20(26)11-17-21-18(12-24)15-9-5-6-10-16(15)19(13-25)23(21)28-22(17)14-7-3-2-4-8-14/h2-10,17,22H,11H2,1H3. The molecule has 138 valence electrons. The van der Waals surface area contributed by atoms with Crippen molar-refractivity contribution in [2.45, 2.75) is 18.4 Å². The van der Waals surface area contributed by atoms with E-state index in [1.165, 1.54) is 7.11 Å². The molecule has 0 N–H and O–H groups in total. The molecule has 0 radical (unpaired) electrons. The molecule has 0 amide bonds. The second-order valence-corrected chi connectivity index (χ2v) is 6.58. The summed E-state index contributed by atoms with van der Waals surface area (Å²) in [5.74, 6) is 3.34. The number of hydrogen-bond donors (Lipinski definition) is 0. The summed E-state index contributed by atoms with van der Waals surface area (Å²) in [6, 6.07) is 16.4. The number of methoxy groups -OCH3 is 1. The Balaban J connectivity index is 2.07. The summed E-state index contributed by atoms with van der Waals surface area (Å²) < 4.78 is 11.0. The fourth-order valence-corrected chi connectivity index (χ4v) is 3.90. The summed E-state index contributed by atoms with van der Waals surface area (Å²) in [4.78, 5) is 35.9. The first-order chi connectivity index (χ1) is 13.7. The normalized spacial score (nSPS) is 17.3. The van der Waals surface area contributed by atoms with Crippen LogP contribution in [0.15, 0.2) is 54.6 Å². The largest absolute Gasteiger partial charge is 0.483 e. The van der Waals surface area contributed by atoms with Gasteiger partial charge in [-0.25, -0.2) is 9.59 Å². The van der Waals surface area contributed by atoms with Crippen LogP contribution in [0.5, 0.6) is 5.75 Å². The zero-order valence-electron chi connectivity index (χ0n) is 15.1. The third-order valence-corrected chi connectivity index (χ3v) is 5.13. The van der Waals surface area contributed by atoms with Gasteiger partial charge < -0.3 is 9.47 Å². The molecule has 1 aliphatic rings. The van der Waals surface area contributed by atoms with Crippen molar-refractivity contribution in [3.63, 3.8) is 0 Å². The lowest BCUT2D eigenvalue weighted by Gasteiger charge is -2.18. The van der Waals surface area contributed by atoms with Crippen LogP contribution in [0.1, 0.15) is 29.6 Å². The van der Waals surface area contributed by atoms with Crippen LogP contribution in [-0.2, 0) is 19.1 Å². The van der Waals surface area contributed by atoms with Crippen molar-refractivity contribution in [1.29, 1.82) is 0 Å². The quantitative estimate of drug-likeness (QED) is 0.654. The Morgan fingerprint density at radius 2 is 1.57 bits per heavy atom. The van der Waals surface area contributed by atoms with Crippen LogP contribution in [0, 0.1) is 0 Å². The lowest BCUT2D eigenvalue weighted by Crippen LogP contribution is -2.22. The fourth-order valence-electron chi connectivity index (χ4n) is 3.90. The van der Waals surface area contributed by atoms with Gasteiger partial charge in [0.15, 0.2) is 0 Å². The number of benzene rings is 3. The molecule has 1 aliphatic heterocycles. The van der Waals surface area contributed by atoms with Gasteiger partial charge in [-0.05, 0) is 5.56 Å². The maximum absolute atomic E-state index is 12.1. The Labute approximate surface area is 160 Å². The van der Waals surface area contributed by atoms with Crippen molar-refractivity contribution in [2.24, 2.45) is 0 Å². The van der Waals surface area contributed by atoms with Gasteiger partial charge in [-0.15, -0.1) is 0 Å². The highest BCUT2D eigenvalue weighted by Gasteiger charge is 2.40. The molecule has 4 rings (SSSR count). The summed E-state index contributed by atoms with van der Waals surface area (Å²) in [7, 11) is 1.31. The molecule has 0 aromatic heterocycles. The lowest BCUT2D eigenvalue weighted by atomic mass is 9.86. The zero-order valence-corrected chi connectivity index (χ0v) is 15.1. The van der Waals surface area contributed by atoms with E-state index in [0.29, 0.717) is 21.6 Å². The number of hydrogen-bond acceptors (Lipinski definition) is 5. The first-order valence-electron chi connectivity index (χ1n) is 8.83. The van der Waals surface area contributed by atoms with Crippen LogP contribution in [-0.4, -0.2) is 25.0 Å². The van der Waals surface area contributed by atoms with Crippen molar-refractivity contribution in [3.8, 4) is 5.75 Å². The highest BCUT2D eigenvalue weighted by molar-refractivity contribution is 5.92. The summed E-state index contributed by atoms with van der Waals surface area (Å²) >= 11 is 0. The molecule has 3 aromatic carbocycles. The smallest absolute Gasteiger partial charge is 0.306 e. The van der Waals surface area contributed by atoms with E-state index in [0.717, 1.165) is 5.56 Å². The minimum atomic E-state index is -0.536. The molecule has 1 heterocycles. The van der Waals surface area contributed by atoms with Gasteiger partial charge in [0.2, 0.25) is 0 Å². The summed E-state index contributed by atoms with van der Waals surface area (Å²) in [5.41, 5.74) is 1.34. The molecule has 0 saturated heterocycles. The fraction of sp³-hybridized carbons (Fsp3) is 0.174. The predicted octanol–water partition coefficient (Wildman–Crippen LogP) is 1.63. The van der Waals surface area contributed by atoms with Crippen LogP contribution >= 0.6 is 0 Å². The van der Waals surface area contributed by atoms with Gasteiger partial charge in [-0.3, -0.25) is 4.79 Å². The van der Waals surface area contributed by atoms with E-state index in [9.17, 15) is 14.4 Å². The van der Waals surface area contributed by atoms with Gasteiger partial charge in [-0.2, -0.15) is 0 Å². The zero-order chi connectivity index (χ0) is 19.7. The van der Waals surface area contributed by atoms with E-state index in [4.69, 9.17) is 9.47 Å². The van der Waals surface area contributed by atoms with Crippen LogP contribution < -0.4 is 15.2 Å². The highest BCUT2D eigenvalue weighted by atomic mass is 16.5. The maximum atomic E-state index is 12.1. The molecule has 0 saturated carbocycles.